The first-order valence-electron chi connectivity index (χ1n) is 9.05. The fourth-order valence-corrected chi connectivity index (χ4v) is 3.97. The molecule has 0 saturated carbocycles. The molecular formula is C21H24O7. The van der Waals surface area contributed by atoms with Gasteiger partial charge < -0.3 is 33.5 Å². The maximum absolute atomic E-state index is 11.0. The average molecular weight is 388 g/mol. The maximum Gasteiger partial charge on any atom is 0.231 e. The van der Waals surface area contributed by atoms with Crippen LogP contribution in [-0.4, -0.2) is 39.0 Å². The third-order valence-corrected chi connectivity index (χ3v) is 5.57. The molecule has 1 N–H and O–H groups in total. The lowest BCUT2D eigenvalue weighted by molar-refractivity contribution is -0.171. The van der Waals surface area contributed by atoms with E-state index in [2.05, 4.69) is 0 Å². The summed E-state index contributed by atoms with van der Waals surface area (Å²) in [5, 5.41) is 11.0. The number of methoxy groups -OCH3 is 3. The van der Waals surface area contributed by atoms with Crippen LogP contribution < -0.4 is 28.4 Å². The van der Waals surface area contributed by atoms with E-state index in [0.29, 0.717) is 34.5 Å². The Kier molecular flexibility index (Phi) is 4.42. The van der Waals surface area contributed by atoms with Crippen LogP contribution in [0.1, 0.15) is 30.9 Å². The van der Waals surface area contributed by atoms with E-state index in [9.17, 15) is 5.11 Å². The van der Waals surface area contributed by atoms with Crippen molar-refractivity contribution in [1.82, 2.24) is 0 Å². The molecule has 7 heteroatoms. The van der Waals surface area contributed by atoms with Crippen LogP contribution in [0.5, 0.6) is 34.5 Å². The predicted molar refractivity (Wildman–Crippen MR) is 101 cm³/mol. The topological polar surface area (TPSA) is 75.6 Å². The second kappa shape index (κ2) is 6.67. The molecule has 0 amide bonds. The van der Waals surface area contributed by atoms with Crippen LogP contribution in [0.3, 0.4) is 0 Å². The molecule has 0 radical (unpaired) electrons. The Balaban J connectivity index is 1.95. The number of benzene rings is 2. The van der Waals surface area contributed by atoms with Gasteiger partial charge in [0.25, 0.3) is 0 Å². The molecule has 0 aliphatic carbocycles. The van der Waals surface area contributed by atoms with Crippen molar-refractivity contribution in [3.63, 3.8) is 0 Å². The smallest absolute Gasteiger partial charge is 0.231 e. The summed E-state index contributed by atoms with van der Waals surface area (Å²) in [4.78, 5) is 0. The van der Waals surface area contributed by atoms with Crippen LogP contribution in [0, 0.1) is 5.92 Å². The van der Waals surface area contributed by atoms with Gasteiger partial charge in [0, 0.05) is 36.0 Å². The van der Waals surface area contributed by atoms with Crippen molar-refractivity contribution >= 4 is 0 Å². The molecule has 28 heavy (non-hydrogen) atoms. The highest BCUT2D eigenvalue weighted by molar-refractivity contribution is 5.62. The minimum Gasteiger partial charge on any atom is -0.493 e. The van der Waals surface area contributed by atoms with Gasteiger partial charge in [0.15, 0.2) is 23.0 Å². The second-order valence-electron chi connectivity index (χ2n) is 7.09. The zero-order chi connectivity index (χ0) is 20.1. The largest absolute Gasteiger partial charge is 0.493 e. The Hall–Kier alpha value is -2.80. The summed E-state index contributed by atoms with van der Waals surface area (Å²) in [6.07, 6.45) is 0. The molecule has 0 unspecified atom stereocenters. The van der Waals surface area contributed by atoms with E-state index in [1.165, 1.54) is 0 Å². The van der Waals surface area contributed by atoms with Crippen molar-refractivity contribution in [2.75, 3.05) is 28.1 Å². The summed E-state index contributed by atoms with van der Waals surface area (Å²) >= 11 is 0. The molecule has 0 aromatic heterocycles. The highest BCUT2D eigenvalue weighted by Crippen LogP contribution is 2.54. The van der Waals surface area contributed by atoms with Gasteiger partial charge in [0.2, 0.25) is 18.3 Å². The van der Waals surface area contributed by atoms with Crippen molar-refractivity contribution < 1.29 is 33.5 Å². The third kappa shape index (κ3) is 2.69. The molecule has 2 aromatic carbocycles. The zero-order valence-corrected chi connectivity index (χ0v) is 16.6. The molecule has 2 aliphatic heterocycles. The average Bonchev–Trinajstić information content (AvgIpc) is 3.13. The normalized spacial score (nSPS) is 24.9. The minimum atomic E-state index is -1.39. The molecule has 0 bridgehead atoms. The maximum atomic E-state index is 11.0. The number of ether oxygens (including phenoxy) is 6. The molecule has 0 saturated heterocycles. The van der Waals surface area contributed by atoms with Gasteiger partial charge in [-0.2, -0.15) is 0 Å². The summed E-state index contributed by atoms with van der Waals surface area (Å²) in [7, 11) is 4.73. The first kappa shape index (κ1) is 18.6. The molecule has 2 aromatic rings. The van der Waals surface area contributed by atoms with Crippen LogP contribution in [0.25, 0.3) is 0 Å². The van der Waals surface area contributed by atoms with E-state index in [4.69, 9.17) is 28.4 Å². The van der Waals surface area contributed by atoms with Crippen LogP contribution in [-0.2, 0) is 0 Å². The van der Waals surface area contributed by atoms with Crippen molar-refractivity contribution in [3.8, 4) is 34.5 Å². The molecule has 7 nitrogen and oxygen atoms in total. The van der Waals surface area contributed by atoms with E-state index in [1.54, 1.807) is 34.3 Å². The molecule has 2 heterocycles. The van der Waals surface area contributed by atoms with E-state index >= 15 is 0 Å². The standard InChI is InChI=1S/C21H24O7/c1-11-18(12-6-7-14(23-3)20(25-5)19(12)24-4)13-8-16-17(27-10-26-16)9-15(13)28-21(11,2)22/h6-9,11,18,22H,10H2,1-5H3/t11-,18+,21+/m0/s1. The summed E-state index contributed by atoms with van der Waals surface area (Å²) in [5.41, 5.74) is 1.74. The molecule has 4 rings (SSSR count). The number of aliphatic hydroxyl groups is 1. The lowest BCUT2D eigenvalue weighted by Gasteiger charge is -2.42. The third-order valence-electron chi connectivity index (χ3n) is 5.57. The van der Waals surface area contributed by atoms with Crippen LogP contribution in [0.2, 0.25) is 0 Å². The highest BCUT2D eigenvalue weighted by Gasteiger charge is 2.46. The summed E-state index contributed by atoms with van der Waals surface area (Å²) in [6.45, 7) is 3.76. The molecule has 0 fully saturated rings. The SMILES string of the molecule is COc1ccc([C@@H]2c3cc4c(cc3O[C@@](C)(O)[C@H]2C)OCO4)c(OC)c1OC. The van der Waals surface area contributed by atoms with Gasteiger partial charge in [-0.25, -0.2) is 0 Å². The van der Waals surface area contributed by atoms with Crippen LogP contribution >= 0.6 is 0 Å². The van der Waals surface area contributed by atoms with Gasteiger partial charge in [-0.05, 0) is 12.1 Å². The number of fused-ring (bicyclic) bond motifs is 2. The van der Waals surface area contributed by atoms with Gasteiger partial charge in [-0.1, -0.05) is 13.0 Å². The van der Waals surface area contributed by atoms with Gasteiger partial charge in [0.05, 0.1) is 21.3 Å². The first-order valence-corrected chi connectivity index (χ1v) is 9.05. The van der Waals surface area contributed by atoms with Gasteiger partial charge in [-0.3, -0.25) is 0 Å². The Bertz CT molecular complexity index is 906. The van der Waals surface area contributed by atoms with E-state index < -0.39 is 5.79 Å². The van der Waals surface area contributed by atoms with Crippen molar-refractivity contribution in [1.29, 1.82) is 0 Å². The number of rotatable bonds is 4. The fourth-order valence-electron chi connectivity index (χ4n) is 3.97. The Labute approximate surface area is 163 Å². The Morgan fingerprint density at radius 3 is 2.25 bits per heavy atom. The monoisotopic (exact) mass is 388 g/mol. The molecule has 150 valence electrons. The van der Waals surface area contributed by atoms with E-state index in [1.807, 2.05) is 25.1 Å². The van der Waals surface area contributed by atoms with Gasteiger partial charge >= 0.3 is 0 Å². The van der Waals surface area contributed by atoms with Crippen molar-refractivity contribution in [2.45, 2.75) is 25.6 Å². The minimum absolute atomic E-state index is 0.161. The number of hydrogen-bond acceptors (Lipinski definition) is 7. The summed E-state index contributed by atoms with van der Waals surface area (Å²) < 4.78 is 33.6. The molecule has 0 spiro atoms. The van der Waals surface area contributed by atoms with Gasteiger partial charge in [-0.15, -0.1) is 0 Å². The second-order valence-corrected chi connectivity index (χ2v) is 7.09. The van der Waals surface area contributed by atoms with E-state index in [-0.39, 0.29) is 18.6 Å². The fraction of sp³-hybridized carbons (Fsp3) is 0.429. The Morgan fingerprint density at radius 1 is 0.929 bits per heavy atom. The lowest BCUT2D eigenvalue weighted by Crippen LogP contribution is -2.45. The van der Waals surface area contributed by atoms with Crippen LogP contribution in [0.4, 0.5) is 0 Å². The van der Waals surface area contributed by atoms with Gasteiger partial charge in [0.1, 0.15) is 5.75 Å². The molecular weight excluding hydrogens is 364 g/mol. The highest BCUT2D eigenvalue weighted by atomic mass is 16.7. The quantitative estimate of drug-likeness (QED) is 0.861. The lowest BCUT2D eigenvalue weighted by atomic mass is 9.75. The molecule has 3 atom stereocenters. The van der Waals surface area contributed by atoms with E-state index in [0.717, 1.165) is 11.1 Å². The predicted octanol–water partition coefficient (Wildman–Crippen LogP) is 3.31. The zero-order valence-electron chi connectivity index (χ0n) is 16.6. The first-order chi connectivity index (χ1) is 13.4. The summed E-state index contributed by atoms with van der Waals surface area (Å²) in [5.74, 6) is 1.53. The van der Waals surface area contributed by atoms with Crippen LogP contribution in [0.15, 0.2) is 24.3 Å². The van der Waals surface area contributed by atoms with Crippen molar-refractivity contribution in [3.05, 3.63) is 35.4 Å². The number of hydrogen-bond donors (Lipinski definition) is 1. The Morgan fingerprint density at radius 2 is 1.61 bits per heavy atom. The summed E-state index contributed by atoms with van der Waals surface area (Å²) in [6, 6.07) is 7.43. The molecule has 2 aliphatic rings. The van der Waals surface area contributed by atoms with Crippen molar-refractivity contribution in [2.24, 2.45) is 5.92 Å².